The van der Waals surface area contributed by atoms with Crippen LogP contribution in [0.1, 0.15) is 52.6 Å². The van der Waals surface area contributed by atoms with Crippen molar-refractivity contribution in [2.45, 2.75) is 64.3 Å². The molecule has 0 spiro atoms. The lowest BCUT2D eigenvalue weighted by atomic mass is 9.92. The second kappa shape index (κ2) is 5.71. The van der Waals surface area contributed by atoms with Crippen LogP contribution in [0.3, 0.4) is 0 Å². The zero-order chi connectivity index (χ0) is 15.8. The Kier molecular flexibility index (Phi) is 4.47. The Morgan fingerprint density at radius 2 is 1.86 bits per heavy atom. The van der Waals surface area contributed by atoms with Crippen LogP contribution in [0.25, 0.3) is 0 Å². The highest BCUT2D eigenvalue weighted by Crippen LogP contribution is 2.35. The highest BCUT2D eigenvalue weighted by atomic mass is 16.5. The molecule has 0 amide bonds. The molecule has 2 unspecified atom stereocenters. The monoisotopic (exact) mass is 294 g/mol. The molecule has 2 heterocycles. The fraction of sp³-hybridized carbons (Fsp3) is 0.812. The van der Waals surface area contributed by atoms with Crippen molar-refractivity contribution in [1.82, 2.24) is 14.7 Å². The lowest BCUT2D eigenvalue weighted by Gasteiger charge is -2.50. The quantitative estimate of drug-likeness (QED) is 0.924. The first-order valence-corrected chi connectivity index (χ1v) is 7.82. The smallest absolute Gasteiger partial charge is 0.0761 e. The number of rotatable bonds is 4. The predicted molar refractivity (Wildman–Crippen MR) is 85.0 cm³/mol. The third-order valence-electron chi connectivity index (χ3n) is 4.06. The molecule has 120 valence electrons. The van der Waals surface area contributed by atoms with Crippen molar-refractivity contribution >= 4 is 0 Å². The van der Waals surface area contributed by atoms with E-state index in [4.69, 9.17) is 10.5 Å². The molecular weight excluding hydrogens is 264 g/mol. The van der Waals surface area contributed by atoms with Gasteiger partial charge in [0, 0.05) is 37.9 Å². The first-order valence-electron chi connectivity index (χ1n) is 7.82. The minimum Gasteiger partial charge on any atom is -0.367 e. The van der Waals surface area contributed by atoms with Crippen molar-refractivity contribution in [2.24, 2.45) is 12.8 Å². The maximum atomic E-state index is 6.45. The topological polar surface area (TPSA) is 56.3 Å². The summed E-state index contributed by atoms with van der Waals surface area (Å²) in [7, 11) is 1.95. The van der Waals surface area contributed by atoms with Gasteiger partial charge < -0.3 is 10.5 Å². The maximum absolute atomic E-state index is 6.45. The van der Waals surface area contributed by atoms with E-state index in [0.717, 1.165) is 19.5 Å². The van der Waals surface area contributed by atoms with E-state index in [1.807, 2.05) is 17.9 Å². The summed E-state index contributed by atoms with van der Waals surface area (Å²) in [5.41, 5.74) is 7.30. The molecule has 2 N–H and O–H groups in total. The molecule has 1 aromatic rings. The number of aryl methyl sites for hydroxylation is 1. The molecule has 0 bridgehead atoms. The molecule has 2 atom stereocenters. The molecule has 5 nitrogen and oxygen atoms in total. The first-order chi connectivity index (χ1) is 9.63. The van der Waals surface area contributed by atoms with Gasteiger partial charge in [-0.25, -0.2) is 0 Å². The summed E-state index contributed by atoms with van der Waals surface area (Å²) < 4.78 is 8.04. The fourth-order valence-corrected chi connectivity index (χ4v) is 3.59. The third kappa shape index (κ3) is 3.84. The van der Waals surface area contributed by atoms with Gasteiger partial charge in [-0.2, -0.15) is 5.10 Å². The number of ether oxygens (including phenoxy) is 1. The zero-order valence-electron chi connectivity index (χ0n) is 14.3. The molecule has 1 aromatic heterocycles. The van der Waals surface area contributed by atoms with Gasteiger partial charge in [0.05, 0.1) is 23.4 Å². The molecule has 1 aliphatic rings. The van der Waals surface area contributed by atoms with Crippen LogP contribution in [0.4, 0.5) is 0 Å². The Balaban J connectivity index is 2.32. The standard InChI is InChI=1S/C16H30N4O/c1-7-13(17)14(12-8-18-19(6)9-12)20-10-15(2,3)21-16(4,5)11-20/h8-9,13-14H,7,10-11,17H2,1-6H3. The van der Waals surface area contributed by atoms with Crippen molar-refractivity contribution < 1.29 is 4.74 Å². The van der Waals surface area contributed by atoms with Crippen molar-refractivity contribution in [3.05, 3.63) is 18.0 Å². The SMILES string of the molecule is CCC(N)C(c1cnn(C)c1)N1CC(C)(C)OC(C)(C)C1. The van der Waals surface area contributed by atoms with Gasteiger partial charge in [-0.05, 0) is 34.1 Å². The lowest BCUT2D eigenvalue weighted by molar-refractivity contribution is -0.189. The van der Waals surface area contributed by atoms with E-state index in [-0.39, 0.29) is 23.3 Å². The highest BCUT2D eigenvalue weighted by molar-refractivity contribution is 5.14. The predicted octanol–water partition coefficient (Wildman–Crippen LogP) is 2.09. The van der Waals surface area contributed by atoms with E-state index in [0.29, 0.717) is 0 Å². The number of aromatic nitrogens is 2. The Bertz CT molecular complexity index is 464. The summed E-state index contributed by atoms with van der Waals surface area (Å²) >= 11 is 0. The molecule has 2 rings (SSSR count). The van der Waals surface area contributed by atoms with E-state index < -0.39 is 0 Å². The third-order valence-corrected chi connectivity index (χ3v) is 4.06. The molecule has 0 radical (unpaired) electrons. The summed E-state index contributed by atoms with van der Waals surface area (Å²) in [6.07, 6.45) is 4.96. The zero-order valence-corrected chi connectivity index (χ0v) is 14.3. The van der Waals surface area contributed by atoms with E-state index in [9.17, 15) is 0 Å². The van der Waals surface area contributed by atoms with E-state index in [1.54, 1.807) is 0 Å². The van der Waals surface area contributed by atoms with Gasteiger partial charge >= 0.3 is 0 Å². The molecule has 1 aliphatic heterocycles. The molecule has 0 saturated carbocycles. The van der Waals surface area contributed by atoms with Crippen LogP contribution in [-0.2, 0) is 11.8 Å². The van der Waals surface area contributed by atoms with Crippen molar-refractivity contribution in [1.29, 1.82) is 0 Å². The largest absolute Gasteiger partial charge is 0.367 e. The van der Waals surface area contributed by atoms with Gasteiger partial charge in [-0.3, -0.25) is 9.58 Å². The number of hydrogen-bond donors (Lipinski definition) is 1. The van der Waals surface area contributed by atoms with Crippen LogP contribution < -0.4 is 5.73 Å². The minimum absolute atomic E-state index is 0.0962. The summed E-state index contributed by atoms with van der Waals surface area (Å²) in [6.45, 7) is 12.5. The first kappa shape index (κ1) is 16.5. The molecular formula is C16H30N4O. The summed E-state index contributed by atoms with van der Waals surface area (Å²) in [5, 5.41) is 4.32. The van der Waals surface area contributed by atoms with E-state index in [1.165, 1.54) is 5.56 Å². The van der Waals surface area contributed by atoms with Crippen LogP contribution in [0.2, 0.25) is 0 Å². The molecule has 0 aliphatic carbocycles. The van der Waals surface area contributed by atoms with Crippen LogP contribution in [-0.4, -0.2) is 45.0 Å². The van der Waals surface area contributed by atoms with Gasteiger partial charge in [-0.15, -0.1) is 0 Å². The number of morpholine rings is 1. The van der Waals surface area contributed by atoms with Crippen molar-refractivity contribution in [3.63, 3.8) is 0 Å². The molecule has 1 fully saturated rings. The van der Waals surface area contributed by atoms with Crippen molar-refractivity contribution in [2.75, 3.05) is 13.1 Å². The average molecular weight is 294 g/mol. The van der Waals surface area contributed by atoms with Crippen molar-refractivity contribution in [3.8, 4) is 0 Å². The molecule has 1 saturated heterocycles. The van der Waals surface area contributed by atoms with Gasteiger partial charge in [-0.1, -0.05) is 6.92 Å². The van der Waals surface area contributed by atoms with Gasteiger partial charge in [0.1, 0.15) is 0 Å². The highest BCUT2D eigenvalue weighted by Gasteiger charge is 2.42. The van der Waals surface area contributed by atoms with Crippen LogP contribution >= 0.6 is 0 Å². The molecule has 5 heteroatoms. The summed E-state index contributed by atoms with van der Waals surface area (Å²) in [4.78, 5) is 2.47. The van der Waals surface area contributed by atoms with E-state index >= 15 is 0 Å². The van der Waals surface area contributed by atoms with Gasteiger partial charge in [0.15, 0.2) is 0 Å². The van der Waals surface area contributed by atoms with Crippen LogP contribution in [0.15, 0.2) is 12.4 Å². The van der Waals surface area contributed by atoms with Gasteiger partial charge in [0.2, 0.25) is 0 Å². The second-order valence-corrected chi connectivity index (χ2v) is 7.49. The van der Waals surface area contributed by atoms with E-state index in [2.05, 4.69) is 50.8 Å². The fourth-order valence-electron chi connectivity index (χ4n) is 3.59. The lowest BCUT2D eigenvalue weighted by Crippen LogP contribution is -2.59. The Morgan fingerprint density at radius 3 is 2.29 bits per heavy atom. The van der Waals surface area contributed by atoms with Crippen LogP contribution in [0.5, 0.6) is 0 Å². The number of nitrogens with zero attached hydrogens (tertiary/aromatic N) is 3. The summed E-state index contributed by atoms with van der Waals surface area (Å²) in [5.74, 6) is 0. The Morgan fingerprint density at radius 1 is 1.29 bits per heavy atom. The van der Waals surface area contributed by atoms with Gasteiger partial charge in [0.25, 0.3) is 0 Å². The number of hydrogen-bond acceptors (Lipinski definition) is 4. The minimum atomic E-state index is -0.171. The average Bonchev–Trinajstić information content (AvgIpc) is 2.71. The maximum Gasteiger partial charge on any atom is 0.0761 e. The molecule has 0 aromatic carbocycles. The summed E-state index contributed by atoms with van der Waals surface area (Å²) in [6, 6.07) is 0.282. The van der Waals surface area contributed by atoms with Crippen LogP contribution in [0, 0.1) is 0 Å². The Labute approximate surface area is 128 Å². The Hall–Kier alpha value is -0.910. The second-order valence-electron chi connectivity index (χ2n) is 7.49. The molecule has 21 heavy (non-hydrogen) atoms. The number of nitrogens with two attached hydrogens (primary N) is 1. The normalized spacial score (nSPS) is 24.7.